The Morgan fingerprint density at radius 2 is 1.96 bits per heavy atom. The van der Waals surface area contributed by atoms with Gasteiger partial charge in [-0.15, -0.1) is 22.0 Å². The molecule has 0 radical (unpaired) electrons. The van der Waals surface area contributed by atoms with Crippen LogP contribution >= 0.6 is 23.5 Å². The van der Waals surface area contributed by atoms with Crippen molar-refractivity contribution < 1.29 is 4.79 Å². The Labute approximate surface area is 161 Å². The standard InChI is InChI=1S/C19H20N4OS2/c1-13-7-4-5-10-16(13)18-21-22-19(23(18)2)26-12-17(24)20-14-8-6-9-15(11-14)25-3/h4-11H,12H2,1-3H3,(H,20,24). The fourth-order valence-corrected chi connectivity index (χ4v) is 3.70. The molecule has 0 atom stereocenters. The second-order valence-corrected chi connectivity index (χ2v) is 7.57. The minimum absolute atomic E-state index is 0.0614. The van der Waals surface area contributed by atoms with E-state index in [1.807, 2.05) is 73.3 Å². The molecule has 5 nitrogen and oxygen atoms in total. The predicted molar refractivity (Wildman–Crippen MR) is 109 cm³/mol. The maximum absolute atomic E-state index is 12.2. The zero-order valence-electron chi connectivity index (χ0n) is 14.9. The number of hydrogen-bond donors (Lipinski definition) is 1. The van der Waals surface area contributed by atoms with Crippen molar-refractivity contribution in [3.05, 3.63) is 54.1 Å². The van der Waals surface area contributed by atoms with Gasteiger partial charge in [0.2, 0.25) is 5.91 Å². The monoisotopic (exact) mass is 384 g/mol. The number of nitrogens with zero attached hydrogens (tertiary/aromatic N) is 3. The lowest BCUT2D eigenvalue weighted by Gasteiger charge is -2.07. The van der Waals surface area contributed by atoms with Gasteiger partial charge in [-0.05, 0) is 36.9 Å². The first kappa shape index (κ1) is 18.5. The van der Waals surface area contributed by atoms with Crippen molar-refractivity contribution in [3.63, 3.8) is 0 Å². The normalized spacial score (nSPS) is 10.7. The number of benzene rings is 2. The molecule has 0 saturated carbocycles. The van der Waals surface area contributed by atoms with Crippen LogP contribution in [0.1, 0.15) is 5.56 Å². The lowest BCUT2D eigenvalue weighted by atomic mass is 10.1. The fraction of sp³-hybridized carbons (Fsp3) is 0.211. The van der Waals surface area contributed by atoms with Crippen LogP contribution in [0.5, 0.6) is 0 Å². The van der Waals surface area contributed by atoms with E-state index in [2.05, 4.69) is 15.5 Å². The number of anilines is 1. The topological polar surface area (TPSA) is 59.8 Å². The number of aryl methyl sites for hydroxylation is 1. The highest BCUT2D eigenvalue weighted by Crippen LogP contribution is 2.25. The minimum Gasteiger partial charge on any atom is -0.325 e. The van der Waals surface area contributed by atoms with E-state index in [0.717, 1.165) is 32.7 Å². The second kappa shape index (κ2) is 8.42. The number of amides is 1. The molecule has 0 aliphatic heterocycles. The van der Waals surface area contributed by atoms with E-state index in [1.54, 1.807) is 11.8 Å². The first-order valence-corrected chi connectivity index (χ1v) is 10.3. The highest BCUT2D eigenvalue weighted by atomic mass is 32.2. The molecule has 134 valence electrons. The molecule has 1 heterocycles. The molecular weight excluding hydrogens is 364 g/mol. The molecule has 0 bridgehead atoms. The quantitative estimate of drug-likeness (QED) is 0.644. The van der Waals surface area contributed by atoms with E-state index in [9.17, 15) is 4.79 Å². The zero-order valence-corrected chi connectivity index (χ0v) is 16.5. The molecule has 0 fully saturated rings. The molecule has 1 amide bonds. The van der Waals surface area contributed by atoms with Gasteiger partial charge in [0.1, 0.15) is 0 Å². The molecular formula is C19H20N4OS2. The van der Waals surface area contributed by atoms with Crippen molar-refractivity contribution in [1.82, 2.24) is 14.8 Å². The van der Waals surface area contributed by atoms with Crippen LogP contribution in [0.3, 0.4) is 0 Å². The summed E-state index contributed by atoms with van der Waals surface area (Å²) < 4.78 is 1.93. The van der Waals surface area contributed by atoms with Crippen molar-refractivity contribution >= 4 is 35.1 Å². The first-order valence-electron chi connectivity index (χ1n) is 8.10. The molecule has 0 aliphatic carbocycles. The first-order chi connectivity index (χ1) is 12.6. The maximum Gasteiger partial charge on any atom is 0.234 e. The third kappa shape index (κ3) is 4.28. The lowest BCUT2D eigenvalue weighted by molar-refractivity contribution is -0.113. The van der Waals surface area contributed by atoms with E-state index in [-0.39, 0.29) is 11.7 Å². The van der Waals surface area contributed by atoms with Crippen LogP contribution in [0.4, 0.5) is 5.69 Å². The van der Waals surface area contributed by atoms with Gasteiger partial charge in [-0.25, -0.2) is 0 Å². The van der Waals surface area contributed by atoms with E-state index in [1.165, 1.54) is 11.8 Å². The van der Waals surface area contributed by atoms with Crippen LogP contribution in [0.25, 0.3) is 11.4 Å². The van der Waals surface area contributed by atoms with E-state index in [0.29, 0.717) is 0 Å². The van der Waals surface area contributed by atoms with E-state index >= 15 is 0 Å². The number of thioether (sulfide) groups is 2. The Kier molecular flexibility index (Phi) is 6.00. The number of carbonyl (C=O) groups is 1. The molecule has 7 heteroatoms. The summed E-state index contributed by atoms with van der Waals surface area (Å²) >= 11 is 3.02. The van der Waals surface area contributed by atoms with Gasteiger partial charge in [0.05, 0.1) is 5.75 Å². The van der Waals surface area contributed by atoms with Crippen LogP contribution in [-0.4, -0.2) is 32.7 Å². The smallest absolute Gasteiger partial charge is 0.234 e. The van der Waals surface area contributed by atoms with Gasteiger partial charge in [0.25, 0.3) is 0 Å². The van der Waals surface area contributed by atoms with Crippen molar-refractivity contribution in [2.24, 2.45) is 7.05 Å². The van der Waals surface area contributed by atoms with Gasteiger partial charge in [0.15, 0.2) is 11.0 Å². The summed E-state index contributed by atoms with van der Waals surface area (Å²) in [6.07, 6.45) is 2.01. The van der Waals surface area contributed by atoms with Gasteiger partial charge in [-0.2, -0.15) is 0 Å². The summed E-state index contributed by atoms with van der Waals surface area (Å²) in [6.45, 7) is 2.05. The highest BCUT2D eigenvalue weighted by molar-refractivity contribution is 7.99. The fourth-order valence-electron chi connectivity index (χ4n) is 2.53. The maximum atomic E-state index is 12.2. The molecule has 0 aliphatic rings. The van der Waals surface area contributed by atoms with Crippen LogP contribution in [0, 0.1) is 6.92 Å². The molecule has 0 unspecified atom stereocenters. The Morgan fingerprint density at radius 1 is 1.15 bits per heavy atom. The summed E-state index contributed by atoms with van der Waals surface area (Å²) in [5.41, 5.74) is 3.00. The summed E-state index contributed by atoms with van der Waals surface area (Å²) in [5.74, 6) is 1.02. The summed E-state index contributed by atoms with van der Waals surface area (Å²) in [6, 6.07) is 15.9. The average molecular weight is 385 g/mol. The van der Waals surface area contributed by atoms with Crippen molar-refractivity contribution in [3.8, 4) is 11.4 Å². The van der Waals surface area contributed by atoms with Crippen LogP contribution < -0.4 is 5.32 Å². The highest BCUT2D eigenvalue weighted by Gasteiger charge is 2.14. The third-order valence-electron chi connectivity index (χ3n) is 3.91. The number of carbonyl (C=O) groups excluding carboxylic acids is 1. The summed E-state index contributed by atoms with van der Waals surface area (Å²) in [7, 11) is 1.92. The Hall–Kier alpha value is -2.25. The van der Waals surface area contributed by atoms with Gasteiger partial charge in [0, 0.05) is 23.2 Å². The molecule has 26 heavy (non-hydrogen) atoms. The average Bonchev–Trinajstić information content (AvgIpc) is 3.01. The van der Waals surface area contributed by atoms with Crippen LogP contribution in [-0.2, 0) is 11.8 Å². The van der Waals surface area contributed by atoms with Gasteiger partial charge in [-0.1, -0.05) is 42.1 Å². The summed E-state index contributed by atoms with van der Waals surface area (Å²) in [5, 5.41) is 12.2. The van der Waals surface area contributed by atoms with E-state index in [4.69, 9.17) is 0 Å². The SMILES string of the molecule is CSc1cccc(NC(=O)CSc2nnc(-c3ccccc3C)n2C)c1. The lowest BCUT2D eigenvalue weighted by Crippen LogP contribution is -2.14. The molecule has 2 aromatic carbocycles. The summed E-state index contributed by atoms with van der Waals surface area (Å²) in [4.78, 5) is 13.3. The third-order valence-corrected chi connectivity index (χ3v) is 5.65. The van der Waals surface area contributed by atoms with Crippen LogP contribution in [0.15, 0.2) is 58.6 Å². The molecule has 3 aromatic rings. The Morgan fingerprint density at radius 3 is 2.73 bits per heavy atom. The zero-order chi connectivity index (χ0) is 18.5. The van der Waals surface area contributed by atoms with Gasteiger partial charge >= 0.3 is 0 Å². The molecule has 1 N–H and O–H groups in total. The number of aromatic nitrogens is 3. The molecule has 0 spiro atoms. The van der Waals surface area contributed by atoms with Crippen LogP contribution in [0.2, 0.25) is 0 Å². The molecule has 3 rings (SSSR count). The van der Waals surface area contributed by atoms with Crippen molar-refractivity contribution in [2.45, 2.75) is 17.0 Å². The number of hydrogen-bond acceptors (Lipinski definition) is 5. The number of nitrogens with one attached hydrogen (secondary N) is 1. The number of rotatable bonds is 6. The second-order valence-electron chi connectivity index (χ2n) is 5.75. The van der Waals surface area contributed by atoms with Crippen molar-refractivity contribution in [1.29, 1.82) is 0 Å². The Bertz CT molecular complexity index is 923. The van der Waals surface area contributed by atoms with Gasteiger partial charge < -0.3 is 9.88 Å². The van der Waals surface area contributed by atoms with E-state index < -0.39 is 0 Å². The van der Waals surface area contributed by atoms with Crippen molar-refractivity contribution in [2.75, 3.05) is 17.3 Å². The Balaban J connectivity index is 1.65. The molecule has 1 aromatic heterocycles. The predicted octanol–water partition coefficient (Wildman–Crippen LogP) is 4.24. The molecule has 0 saturated heterocycles. The largest absolute Gasteiger partial charge is 0.325 e. The minimum atomic E-state index is -0.0614. The van der Waals surface area contributed by atoms with Gasteiger partial charge in [-0.3, -0.25) is 4.79 Å².